The Morgan fingerprint density at radius 3 is 2.52 bits per heavy atom. The standard InChI is InChI=1S/C18H17NO4/c1-2-15-18(22,17(21)19-12-8-4-3-5-9-12)14-11-7-6-10-13(14)16(20)23-15/h3-11,15,22H,2H2,1H3,(H,19,21)/t15-,18+/m0/s1. The van der Waals surface area contributed by atoms with E-state index < -0.39 is 23.6 Å². The third-order valence-corrected chi connectivity index (χ3v) is 4.02. The first-order valence-electron chi connectivity index (χ1n) is 7.46. The number of rotatable bonds is 3. The smallest absolute Gasteiger partial charge is 0.338 e. The molecule has 0 bridgehead atoms. The number of hydrogen-bond acceptors (Lipinski definition) is 4. The third kappa shape index (κ3) is 2.49. The number of carbonyl (C=O) groups is 2. The molecule has 0 radical (unpaired) electrons. The number of esters is 1. The summed E-state index contributed by atoms with van der Waals surface area (Å²) >= 11 is 0. The van der Waals surface area contributed by atoms with Crippen LogP contribution < -0.4 is 5.32 Å². The topological polar surface area (TPSA) is 75.6 Å². The van der Waals surface area contributed by atoms with E-state index in [0.717, 1.165) is 0 Å². The van der Waals surface area contributed by atoms with E-state index in [1.54, 1.807) is 55.5 Å². The van der Waals surface area contributed by atoms with Crippen LogP contribution in [-0.2, 0) is 15.1 Å². The lowest BCUT2D eigenvalue weighted by atomic mass is 9.81. The van der Waals surface area contributed by atoms with Crippen molar-refractivity contribution in [2.45, 2.75) is 25.0 Å². The summed E-state index contributed by atoms with van der Waals surface area (Å²) in [6.07, 6.45) is -0.618. The number of anilines is 1. The summed E-state index contributed by atoms with van der Waals surface area (Å²) in [6, 6.07) is 15.3. The van der Waals surface area contributed by atoms with E-state index in [2.05, 4.69) is 5.32 Å². The zero-order chi connectivity index (χ0) is 16.4. The second-order valence-electron chi connectivity index (χ2n) is 5.43. The van der Waals surface area contributed by atoms with Crippen LogP contribution in [0.1, 0.15) is 29.3 Å². The number of aliphatic hydroxyl groups is 1. The molecular formula is C18H17NO4. The Morgan fingerprint density at radius 2 is 1.83 bits per heavy atom. The molecular weight excluding hydrogens is 294 g/mol. The fourth-order valence-electron chi connectivity index (χ4n) is 2.84. The SMILES string of the molecule is CC[C@@H]1OC(=O)c2ccccc2[C@]1(O)C(=O)Nc1ccccc1. The summed E-state index contributed by atoms with van der Waals surface area (Å²) in [5.41, 5.74) is -0.871. The molecule has 1 amide bonds. The zero-order valence-electron chi connectivity index (χ0n) is 12.7. The first-order chi connectivity index (χ1) is 11.1. The minimum atomic E-state index is -1.92. The van der Waals surface area contributed by atoms with Crippen molar-refractivity contribution in [2.75, 3.05) is 5.32 Å². The molecule has 0 fully saturated rings. The van der Waals surface area contributed by atoms with Gasteiger partial charge in [-0.15, -0.1) is 0 Å². The summed E-state index contributed by atoms with van der Waals surface area (Å²) in [4.78, 5) is 24.8. The molecule has 2 aromatic rings. The van der Waals surface area contributed by atoms with Gasteiger partial charge < -0.3 is 15.2 Å². The van der Waals surface area contributed by atoms with Gasteiger partial charge in [0.1, 0.15) is 6.10 Å². The van der Waals surface area contributed by atoms with Gasteiger partial charge in [-0.2, -0.15) is 0 Å². The summed E-state index contributed by atoms with van der Waals surface area (Å²) in [5, 5.41) is 13.8. The van der Waals surface area contributed by atoms with E-state index in [9.17, 15) is 14.7 Å². The molecule has 5 heteroatoms. The molecule has 118 valence electrons. The molecule has 0 spiro atoms. The minimum absolute atomic E-state index is 0.211. The molecule has 0 saturated heterocycles. The molecule has 2 aromatic carbocycles. The molecule has 3 rings (SSSR count). The zero-order valence-corrected chi connectivity index (χ0v) is 12.7. The van der Waals surface area contributed by atoms with E-state index in [4.69, 9.17) is 4.74 Å². The number of cyclic esters (lactones) is 1. The lowest BCUT2D eigenvalue weighted by Crippen LogP contribution is -2.54. The molecule has 0 aliphatic carbocycles. The van der Waals surface area contributed by atoms with Crippen molar-refractivity contribution in [3.8, 4) is 0 Å². The predicted octanol–water partition coefficient (Wildman–Crippen LogP) is 2.46. The Bertz CT molecular complexity index is 744. The number of fused-ring (bicyclic) bond motifs is 1. The third-order valence-electron chi connectivity index (χ3n) is 4.02. The van der Waals surface area contributed by atoms with Crippen molar-refractivity contribution in [3.63, 3.8) is 0 Å². The van der Waals surface area contributed by atoms with Gasteiger partial charge in [0.05, 0.1) is 5.56 Å². The monoisotopic (exact) mass is 311 g/mol. The number of para-hydroxylation sites is 1. The van der Waals surface area contributed by atoms with Gasteiger partial charge in [-0.1, -0.05) is 43.3 Å². The number of ether oxygens (including phenoxy) is 1. The van der Waals surface area contributed by atoms with Crippen LogP contribution in [0.25, 0.3) is 0 Å². The first kappa shape index (κ1) is 15.2. The van der Waals surface area contributed by atoms with Crippen LogP contribution in [0.15, 0.2) is 54.6 Å². The highest BCUT2D eigenvalue weighted by molar-refractivity contribution is 6.03. The Hall–Kier alpha value is -2.66. The summed E-state index contributed by atoms with van der Waals surface area (Å²) < 4.78 is 5.29. The molecule has 2 N–H and O–H groups in total. The number of amides is 1. The van der Waals surface area contributed by atoms with Crippen LogP contribution in [0.5, 0.6) is 0 Å². The predicted molar refractivity (Wildman–Crippen MR) is 84.9 cm³/mol. The van der Waals surface area contributed by atoms with Crippen LogP contribution in [0.3, 0.4) is 0 Å². The van der Waals surface area contributed by atoms with Gasteiger partial charge in [0.25, 0.3) is 5.91 Å². The lowest BCUT2D eigenvalue weighted by Gasteiger charge is -2.38. The maximum atomic E-state index is 12.8. The highest BCUT2D eigenvalue weighted by Crippen LogP contribution is 2.37. The fraction of sp³-hybridized carbons (Fsp3) is 0.222. The average molecular weight is 311 g/mol. The number of nitrogens with one attached hydrogen (secondary N) is 1. The number of benzene rings is 2. The van der Waals surface area contributed by atoms with Crippen LogP contribution in [0, 0.1) is 0 Å². The maximum Gasteiger partial charge on any atom is 0.338 e. The van der Waals surface area contributed by atoms with Crippen LogP contribution in [-0.4, -0.2) is 23.1 Å². The summed E-state index contributed by atoms with van der Waals surface area (Å²) in [5.74, 6) is -1.14. The van der Waals surface area contributed by atoms with Gasteiger partial charge >= 0.3 is 5.97 Å². The highest BCUT2D eigenvalue weighted by atomic mass is 16.6. The van der Waals surface area contributed by atoms with E-state index in [-0.39, 0.29) is 11.1 Å². The van der Waals surface area contributed by atoms with Gasteiger partial charge in [-0.3, -0.25) is 4.79 Å². The first-order valence-corrected chi connectivity index (χ1v) is 7.46. The molecule has 0 aromatic heterocycles. The van der Waals surface area contributed by atoms with Crippen molar-refractivity contribution < 1.29 is 19.4 Å². The molecule has 1 heterocycles. The van der Waals surface area contributed by atoms with Crippen molar-refractivity contribution >= 4 is 17.6 Å². The van der Waals surface area contributed by atoms with E-state index in [1.807, 2.05) is 6.07 Å². The maximum absolute atomic E-state index is 12.8. The molecule has 0 unspecified atom stereocenters. The van der Waals surface area contributed by atoms with Crippen LogP contribution in [0.2, 0.25) is 0 Å². The molecule has 23 heavy (non-hydrogen) atoms. The van der Waals surface area contributed by atoms with Crippen molar-refractivity contribution in [1.82, 2.24) is 0 Å². The Labute approximate surface area is 133 Å². The summed E-state index contributed by atoms with van der Waals surface area (Å²) in [7, 11) is 0. The second kappa shape index (κ2) is 5.85. The van der Waals surface area contributed by atoms with Gasteiger partial charge in [-0.25, -0.2) is 4.79 Å². The normalized spacial score (nSPS) is 22.9. The van der Waals surface area contributed by atoms with Gasteiger partial charge in [0.15, 0.2) is 0 Å². The van der Waals surface area contributed by atoms with Crippen LogP contribution >= 0.6 is 0 Å². The van der Waals surface area contributed by atoms with Gasteiger partial charge in [-0.05, 0) is 24.6 Å². The lowest BCUT2D eigenvalue weighted by molar-refractivity contribution is -0.152. The highest BCUT2D eigenvalue weighted by Gasteiger charge is 2.52. The van der Waals surface area contributed by atoms with Gasteiger partial charge in [0.2, 0.25) is 5.60 Å². The molecule has 1 aliphatic rings. The Balaban J connectivity index is 2.04. The van der Waals surface area contributed by atoms with E-state index in [1.165, 1.54) is 0 Å². The fourth-order valence-corrected chi connectivity index (χ4v) is 2.84. The summed E-state index contributed by atoms with van der Waals surface area (Å²) in [6.45, 7) is 1.76. The van der Waals surface area contributed by atoms with E-state index >= 15 is 0 Å². The van der Waals surface area contributed by atoms with Crippen molar-refractivity contribution in [3.05, 3.63) is 65.7 Å². The molecule has 2 atom stereocenters. The van der Waals surface area contributed by atoms with Gasteiger partial charge in [0, 0.05) is 11.3 Å². The number of carbonyl (C=O) groups excluding carboxylic acids is 2. The molecule has 5 nitrogen and oxygen atoms in total. The molecule has 0 saturated carbocycles. The average Bonchev–Trinajstić information content (AvgIpc) is 2.59. The van der Waals surface area contributed by atoms with Crippen molar-refractivity contribution in [1.29, 1.82) is 0 Å². The minimum Gasteiger partial charge on any atom is -0.455 e. The Kier molecular flexibility index (Phi) is 3.88. The van der Waals surface area contributed by atoms with E-state index in [0.29, 0.717) is 12.1 Å². The largest absolute Gasteiger partial charge is 0.455 e. The number of hydrogen-bond donors (Lipinski definition) is 2. The van der Waals surface area contributed by atoms with Crippen molar-refractivity contribution in [2.24, 2.45) is 0 Å². The quantitative estimate of drug-likeness (QED) is 0.854. The Morgan fingerprint density at radius 1 is 1.17 bits per heavy atom. The van der Waals surface area contributed by atoms with Crippen LogP contribution in [0.4, 0.5) is 5.69 Å². The molecule has 1 aliphatic heterocycles. The second-order valence-corrected chi connectivity index (χ2v) is 5.43.